The van der Waals surface area contributed by atoms with Gasteiger partial charge in [0.1, 0.15) is 11.5 Å². The van der Waals surface area contributed by atoms with Crippen LogP contribution in [-0.2, 0) is 4.79 Å². The number of aromatic nitrogens is 1. The molecule has 0 radical (unpaired) electrons. The SMILES string of the molecule is COc1ccc(/C=c2\sc3n(c2=O)[C@@H](c2ccc(OC)cc2)C(C(=O)Nc2ccccc2)=C(C)N=3)cc1. The molecule has 1 atom stereocenters. The number of fused-ring (bicyclic) bond motifs is 1. The Bertz CT molecular complexity index is 1650. The first-order valence-electron chi connectivity index (χ1n) is 11.7. The van der Waals surface area contributed by atoms with Crippen molar-refractivity contribution < 1.29 is 14.3 Å². The van der Waals surface area contributed by atoms with E-state index in [-0.39, 0.29) is 11.5 Å². The zero-order valence-electron chi connectivity index (χ0n) is 20.6. The zero-order chi connectivity index (χ0) is 25.9. The van der Waals surface area contributed by atoms with Gasteiger partial charge in [-0.2, -0.15) is 0 Å². The molecule has 4 aromatic rings. The highest BCUT2D eigenvalue weighted by Gasteiger charge is 2.32. The van der Waals surface area contributed by atoms with Gasteiger partial charge in [0.05, 0.1) is 36.1 Å². The Morgan fingerprint density at radius 3 is 2.19 bits per heavy atom. The molecule has 0 spiro atoms. The molecule has 186 valence electrons. The first-order chi connectivity index (χ1) is 18.0. The second-order valence-electron chi connectivity index (χ2n) is 8.45. The quantitative estimate of drug-likeness (QED) is 0.426. The van der Waals surface area contributed by atoms with E-state index in [0.29, 0.717) is 32.0 Å². The lowest BCUT2D eigenvalue weighted by molar-refractivity contribution is -0.113. The molecule has 1 amide bonds. The topological polar surface area (TPSA) is 81.9 Å². The van der Waals surface area contributed by atoms with Crippen LogP contribution in [0.1, 0.15) is 24.1 Å². The predicted octanol–water partition coefficient (Wildman–Crippen LogP) is 3.89. The number of rotatable bonds is 6. The van der Waals surface area contributed by atoms with E-state index in [0.717, 1.165) is 16.9 Å². The van der Waals surface area contributed by atoms with Crippen molar-refractivity contribution in [2.45, 2.75) is 13.0 Å². The third kappa shape index (κ3) is 4.83. The lowest BCUT2D eigenvalue weighted by Gasteiger charge is -2.25. The summed E-state index contributed by atoms with van der Waals surface area (Å²) in [4.78, 5) is 32.6. The van der Waals surface area contributed by atoms with Crippen molar-refractivity contribution >= 4 is 29.0 Å². The molecule has 5 rings (SSSR count). The van der Waals surface area contributed by atoms with Gasteiger partial charge in [-0.3, -0.25) is 14.2 Å². The van der Waals surface area contributed by atoms with Crippen LogP contribution in [0.4, 0.5) is 5.69 Å². The number of hydrogen-bond donors (Lipinski definition) is 1. The summed E-state index contributed by atoms with van der Waals surface area (Å²) in [6.45, 7) is 1.80. The van der Waals surface area contributed by atoms with Crippen LogP contribution in [0.3, 0.4) is 0 Å². The molecule has 0 saturated carbocycles. The van der Waals surface area contributed by atoms with Crippen molar-refractivity contribution in [2.75, 3.05) is 19.5 Å². The molecule has 0 saturated heterocycles. The maximum atomic E-state index is 13.8. The molecule has 0 aliphatic carbocycles. The minimum absolute atomic E-state index is 0.210. The van der Waals surface area contributed by atoms with Crippen molar-refractivity contribution in [3.05, 3.63) is 121 Å². The van der Waals surface area contributed by atoms with Gasteiger partial charge in [0.2, 0.25) is 0 Å². The number of nitrogens with one attached hydrogen (secondary N) is 1. The summed E-state index contributed by atoms with van der Waals surface area (Å²) in [5.74, 6) is 1.12. The maximum Gasteiger partial charge on any atom is 0.271 e. The molecule has 37 heavy (non-hydrogen) atoms. The van der Waals surface area contributed by atoms with Crippen molar-refractivity contribution in [1.82, 2.24) is 4.57 Å². The highest BCUT2D eigenvalue weighted by Crippen LogP contribution is 2.31. The van der Waals surface area contributed by atoms with Gasteiger partial charge in [0.15, 0.2) is 4.80 Å². The Morgan fingerprint density at radius 2 is 1.57 bits per heavy atom. The van der Waals surface area contributed by atoms with Gasteiger partial charge in [-0.1, -0.05) is 53.8 Å². The maximum absolute atomic E-state index is 13.8. The molecule has 1 aliphatic heterocycles. The first kappa shape index (κ1) is 24.3. The fourth-order valence-corrected chi connectivity index (χ4v) is 5.33. The zero-order valence-corrected chi connectivity index (χ0v) is 21.4. The summed E-state index contributed by atoms with van der Waals surface area (Å²) in [5.41, 5.74) is 3.08. The number of methoxy groups -OCH3 is 2. The molecule has 0 fully saturated rings. The van der Waals surface area contributed by atoms with E-state index in [1.165, 1.54) is 11.3 Å². The van der Waals surface area contributed by atoms with Crippen LogP contribution in [0.2, 0.25) is 0 Å². The van der Waals surface area contributed by atoms with E-state index in [2.05, 4.69) is 10.3 Å². The van der Waals surface area contributed by atoms with E-state index >= 15 is 0 Å². The molecule has 1 aliphatic rings. The smallest absolute Gasteiger partial charge is 0.271 e. The van der Waals surface area contributed by atoms with Gasteiger partial charge >= 0.3 is 0 Å². The number of amides is 1. The standard InChI is InChI=1S/C29H25N3O4S/c1-18-25(27(33)31-21-7-5-4-6-8-21)26(20-11-15-23(36-3)16-12-20)32-28(34)24(37-29(32)30-18)17-19-9-13-22(35-2)14-10-19/h4-17,26H,1-3H3,(H,31,33)/b24-17-/t26-/m0/s1. The number of thiazole rings is 1. The lowest BCUT2D eigenvalue weighted by Crippen LogP contribution is -2.40. The second kappa shape index (κ2) is 10.3. The molecule has 0 bridgehead atoms. The minimum atomic E-state index is -0.649. The van der Waals surface area contributed by atoms with Crippen molar-refractivity contribution in [2.24, 2.45) is 4.99 Å². The number of anilines is 1. The van der Waals surface area contributed by atoms with Gasteiger partial charge in [-0.05, 0) is 60.5 Å². The van der Waals surface area contributed by atoms with Crippen LogP contribution in [0.5, 0.6) is 11.5 Å². The number of nitrogens with zero attached hydrogens (tertiary/aromatic N) is 2. The molecule has 0 unspecified atom stereocenters. The van der Waals surface area contributed by atoms with Crippen LogP contribution in [0, 0.1) is 0 Å². The van der Waals surface area contributed by atoms with E-state index in [1.807, 2.05) is 84.9 Å². The van der Waals surface area contributed by atoms with Gasteiger partial charge in [0.25, 0.3) is 11.5 Å². The molecule has 1 N–H and O–H groups in total. The predicted molar refractivity (Wildman–Crippen MR) is 145 cm³/mol. The fourth-order valence-electron chi connectivity index (χ4n) is 4.28. The third-order valence-corrected chi connectivity index (χ3v) is 7.13. The molecule has 2 heterocycles. The highest BCUT2D eigenvalue weighted by molar-refractivity contribution is 7.07. The van der Waals surface area contributed by atoms with Crippen LogP contribution in [0.25, 0.3) is 6.08 Å². The van der Waals surface area contributed by atoms with Gasteiger partial charge < -0.3 is 14.8 Å². The fraction of sp³-hybridized carbons (Fsp3) is 0.138. The Hall–Kier alpha value is -4.43. The summed E-state index contributed by atoms with van der Waals surface area (Å²) in [6, 6.07) is 23.4. The first-order valence-corrected chi connectivity index (χ1v) is 12.5. The summed E-state index contributed by atoms with van der Waals surface area (Å²) < 4.78 is 12.7. The summed E-state index contributed by atoms with van der Waals surface area (Å²) in [6.07, 6.45) is 1.83. The Morgan fingerprint density at radius 1 is 0.946 bits per heavy atom. The van der Waals surface area contributed by atoms with Crippen molar-refractivity contribution in [3.8, 4) is 11.5 Å². The Labute approximate surface area is 217 Å². The summed E-state index contributed by atoms with van der Waals surface area (Å²) >= 11 is 1.30. The average Bonchev–Trinajstić information content (AvgIpc) is 3.23. The van der Waals surface area contributed by atoms with E-state index < -0.39 is 6.04 Å². The average molecular weight is 512 g/mol. The molecular formula is C29H25N3O4S. The number of benzene rings is 3. The number of carbonyl (C=O) groups excluding carboxylic acids is 1. The van der Waals surface area contributed by atoms with E-state index in [1.54, 1.807) is 25.7 Å². The van der Waals surface area contributed by atoms with Gasteiger partial charge in [-0.15, -0.1) is 0 Å². The minimum Gasteiger partial charge on any atom is -0.497 e. The summed E-state index contributed by atoms with van der Waals surface area (Å²) in [7, 11) is 3.21. The van der Waals surface area contributed by atoms with Crippen LogP contribution in [-0.4, -0.2) is 24.7 Å². The highest BCUT2D eigenvalue weighted by atomic mass is 32.1. The normalized spacial score (nSPS) is 15.1. The molecule has 1 aromatic heterocycles. The van der Waals surface area contributed by atoms with Gasteiger partial charge in [0, 0.05) is 5.69 Å². The van der Waals surface area contributed by atoms with Crippen molar-refractivity contribution in [1.29, 1.82) is 0 Å². The van der Waals surface area contributed by atoms with Crippen LogP contribution < -0.4 is 29.7 Å². The molecule has 8 heteroatoms. The third-order valence-electron chi connectivity index (χ3n) is 6.14. The van der Waals surface area contributed by atoms with E-state index in [4.69, 9.17) is 9.47 Å². The number of ether oxygens (including phenoxy) is 2. The Balaban J connectivity index is 1.65. The second-order valence-corrected chi connectivity index (χ2v) is 9.46. The number of hydrogen-bond acceptors (Lipinski definition) is 6. The van der Waals surface area contributed by atoms with Crippen LogP contribution in [0.15, 0.2) is 99.9 Å². The van der Waals surface area contributed by atoms with Crippen LogP contribution >= 0.6 is 11.3 Å². The molecular weight excluding hydrogens is 486 g/mol. The number of carbonyl (C=O) groups is 1. The monoisotopic (exact) mass is 511 g/mol. The van der Waals surface area contributed by atoms with E-state index in [9.17, 15) is 9.59 Å². The largest absolute Gasteiger partial charge is 0.497 e. The van der Waals surface area contributed by atoms with Gasteiger partial charge in [-0.25, -0.2) is 4.99 Å². The number of para-hydroxylation sites is 1. The Kier molecular flexibility index (Phi) is 6.74. The molecule has 3 aromatic carbocycles. The number of allylic oxidation sites excluding steroid dienone is 1. The molecule has 7 nitrogen and oxygen atoms in total. The van der Waals surface area contributed by atoms with Crippen molar-refractivity contribution in [3.63, 3.8) is 0 Å². The summed E-state index contributed by atoms with van der Waals surface area (Å²) in [5, 5.41) is 2.96. The lowest BCUT2D eigenvalue weighted by atomic mass is 9.95.